The van der Waals surface area contributed by atoms with Crippen LogP contribution < -0.4 is 0 Å². The van der Waals surface area contributed by atoms with Crippen LogP contribution in [0.4, 0.5) is 0 Å². The Labute approximate surface area is 187 Å². The number of fused-ring (bicyclic) bond motifs is 4. The Morgan fingerprint density at radius 1 is 0.900 bits per heavy atom. The Morgan fingerprint density at radius 2 is 1.63 bits per heavy atom. The zero-order valence-electron chi connectivity index (χ0n) is 21.2. The molecule has 172 valence electrons. The molecule has 30 heavy (non-hydrogen) atoms. The lowest BCUT2D eigenvalue weighted by Crippen LogP contribution is -2.53. The molecular weight excluding hydrogens is 364 g/mol. The van der Waals surface area contributed by atoms with Crippen molar-refractivity contribution in [3.05, 3.63) is 11.1 Å². The van der Waals surface area contributed by atoms with Gasteiger partial charge in [-0.3, -0.25) is 0 Å². The molecule has 7 atom stereocenters. The molecular formula is C29H50O. The summed E-state index contributed by atoms with van der Waals surface area (Å²) in [6.45, 7) is 17.3. The second-order valence-electron chi connectivity index (χ2n) is 13.4. The van der Waals surface area contributed by atoms with Crippen molar-refractivity contribution in [1.29, 1.82) is 0 Å². The quantitative estimate of drug-likeness (QED) is 0.450. The van der Waals surface area contributed by atoms with Gasteiger partial charge in [0.1, 0.15) is 0 Å². The van der Waals surface area contributed by atoms with E-state index in [1.165, 1.54) is 64.2 Å². The Kier molecular flexibility index (Phi) is 6.05. The molecule has 4 rings (SSSR count). The van der Waals surface area contributed by atoms with Crippen molar-refractivity contribution in [2.75, 3.05) is 0 Å². The fourth-order valence-electron chi connectivity index (χ4n) is 9.31. The van der Waals surface area contributed by atoms with Crippen molar-refractivity contribution >= 4 is 0 Å². The van der Waals surface area contributed by atoms with Gasteiger partial charge in [0, 0.05) is 0 Å². The van der Waals surface area contributed by atoms with E-state index >= 15 is 0 Å². The van der Waals surface area contributed by atoms with Gasteiger partial charge in [0.05, 0.1) is 6.10 Å². The Balaban J connectivity index is 1.57. The van der Waals surface area contributed by atoms with E-state index in [1.54, 1.807) is 0 Å². The van der Waals surface area contributed by atoms with Crippen LogP contribution in [-0.4, -0.2) is 11.2 Å². The maximum Gasteiger partial charge on any atom is 0.0594 e. The molecule has 0 aliphatic heterocycles. The minimum absolute atomic E-state index is 0.0649. The fourth-order valence-corrected chi connectivity index (χ4v) is 9.31. The fraction of sp³-hybridized carbons (Fsp3) is 0.931. The Bertz CT molecular complexity index is 672. The molecule has 2 fully saturated rings. The van der Waals surface area contributed by atoms with Crippen LogP contribution in [0.3, 0.4) is 0 Å². The summed E-state index contributed by atoms with van der Waals surface area (Å²) >= 11 is 0. The van der Waals surface area contributed by atoms with Crippen molar-refractivity contribution in [2.45, 2.75) is 125 Å². The first-order valence-electron chi connectivity index (χ1n) is 13.4. The van der Waals surface area contributed by atoms with Crippen LogP contribution in [0.1, 0.15) is 119 Å². The minimum Gasteiger partial charge on any atom is -0.393 e. The van der Waals surface area contributed by atoms with Gasteiger partial charge in [-0.2, -0.15) is 0 Å². The second kappa shape index (κ2) is 7.93. The molecule has 0 spiro atoms. The number of hydrogen-bond acceptors (Lipinski definition) is 1. The highest BCUT2D eigenvalue weighted by molar-refractivity contribution is 5.35. The summed E-state index contributed by atoms with van der Waals surface area (Å²) in [6.07, 6.45) is 14.6. The highest BCUT2D eigenvalue weighted by atomic mass is 16.3. The largest absolute Gasteiger partial charge is 0.393 e. The van der Waals surface area contributed by atoms with E-state index in [-0.39, 0.29) is 11.5 Å². The van der Waals surface area contributed by atoms with Crippen LogP contribution in [-0.2, 0) is 0 Å². The molecule has 0 amide bonds. The van der Waals surface area contributed by atoms with E-state index in [1.807, 2.05) is 11.1 Å². The standard InChI is InChI=1S/C29H50O/c1-19(2)9-8-10-20(3)22-12-13-23-21-11-14-25-27(4,5)26(30)16-18-29(25,7)24(21)15-17-28(22,23)6/h19-20,22-23,25-26,30H,8-18H2,1-7H3/t20-,22-,23+,25?,26+,28+,29-/m1/s1. The van der Waals surface area contributed by atoms with Crippen molar-refractivity contribution in [1.82, 2.24) is 0 Å². The van der Waals surface area contributed by atoms with Gasteiger partial charge >= 0.3 is 0 Å². The van der Waals surface area contributed by atoms with Gasteiger partial charge in [-0.1, -0.05) is 78.9 Å². The summed E-state index contributed by atoms with van der Waals surface area (Å²) in [4.78, 5) is 0. The lowest BCUT2D eigenvalue weighted by molar-refractivity contribution is -0.0931. The van der Waals surface area contributed by atoms with Crippen LogP contribution >= 0.6 is 0 Å². The van der Waals surface area contributed by atoms with Gasteiger partial charge in [-0.05, 0) is 97.2 Å². The lowest BCUT2D eigenvalue weighted by Gasteiger charge is -2.60. The molecule has 0 aromatic rings. The van der Waals surface area contributed by atoms with Gasteiger partial charge in [0.2, 0.25) is 0 Å². The lowest BCUT2D eigenvalue weighted by atomic mass is 9.46. The Morgan fingerprint density at radius 3 is 2.33 bits per heavy atom. The smallest absolute Gasteiger partial charge is 0.0594 e. The number of rotatable bonds is 5. The molecule has 0 radical (unpaired) electrons. The van der Waals surface area contributed by atoms with E-state index in [0.717, 1.165) is 30.1 Å². The second-order valence-corrected chi connectivity index (χ2v) is 13.4. The molecule has 0 bridgehead atoms. The summed E-state index contributed by atoms with van der Waals surface area (Å²) in [6, 6.07) is 0. The molecule has 1 nitrogen and oxygen atoms in total. The number of allylic oxidation sites excluding steroid dienone is 2. The van der Waals surface area contributed by atoms with Crippen LogP contribution in [0, 0.1) is 45.8 Å². The predicted octanol–water partition coefficient (Wildman–Crippen LogP) is 8.17. The normalized spacial score (nSPS) is 43.9. The first-order valence-corrected chi connectivity index (χ1v) is 13.4. The van der Waals surface area contributed by atoms with Gasteiger partial charge in [0.15, 0.2) is 0 Å². The topological polar surface area (TPSA) is 20.2 Å². The third kappa shape index (κ3) is 3.45. The van der Waals surface area contributed by atoms with Crippen molar-refractivity contribution in [3.63, 3.8) is 0 Å². The highest BCUT2D eigenvalue weighted by Crippen LogP contribution is 2.68. The maximum atomic E-state index is 10.8. The molecule has 2 saturated carbocycles. The molecule has 4 aliphatic carbocycles. The van der Waals surface area contributed by atoms with Crippen molar-refractivity contribution in [2.24, 2.45) is 45.8 Å². The Hall–Kier alpha value is -0.300. The monoisotopic (exact) mass is 414 g/mol. The third-order valence-electron chi connectivity index (χ3n) is 11.1. The first-order chi connectivity index (χ1) is 14.0. The summed E-state index contributed by atoms with van der Waals surface area (Å²) in [5, 5.41) is 10.8. The van der Waals surface area contributed by atoms with E-state index in [0.29, 0.717) is 16.7 Å². The highest BCUT2D eigenvalue weighted by Gasteiger charge is 2.59. The summed E-state index contributed by atoms with van der Waals surface area (Å²) in [7, 11) is 0. The molecule has 1 unspecified atom stereocenters. The van der Waals surface area contributed by atoms with E-state index in [2.05, 4.69) is 48.5 Å². The zero-order chi connectivity index (χ0) is 21.9. The molecule has 0 aromatic heterocycles. The molecule has 1 heteroatoms. The van der Waals surface area contributed by atoms with Crippen LogP contribution in [0.15, 0.2) is 11.1 Å². The summed E-state index contributed by atoms with van der Waals surface area (Å²) in [5.74, 6) is 4.17. The van der Waals surface area contributed by atoms with Gasteiger partial charge < -0.3 is 5.11 Å². The van der Waals surface area contributed by atoms with E-state index in [9.17, 15) is 5.11 Å². The van der Waals surface area contributed by atoms with E-state index < -0.39 is 0 Å². The third-order valence-corrected chi connectivity index (χ3v) is 11.1. The van der Waals surface area contributed by atoms with Gasteiger partial charge in [0.25, 0.3) is 0 Å². The minimum atomic E-state index is -0.117. The first kappa shape index (κ1) is 22.9. The zero-order valence-corrected chi connectivity index (χ0v) is 21.2. The summed E-state index contributed by atoms with van der Waals surface area (Å²) in [5.41, 5.74) is 4.73. The van der Waals surface area contributed by atoms with E-state index in [4.69, 9.17) is 0 Å². The number of hydrogen-bond donors (Lipinski definition) is 1. The molecule has 1 N–H and O–H groups in total. The molecule has 0 saturated heterocycles. The van der Waals surface area contributed by atoms with Crippen LogP contribution in [0.2, 0.25) is 0 Å². The number of aliphatic hydroxyl groups excluding tert-OH is 1. The molecule has 0 heterocycles. The maximum absolute atomic E-state index is 10.8. The SMILES string of the molecule is CC(C)CCC[C@@H](C)[C@H]1CC[C@H]2C3=C(CC[C@@]12C)[C@@]1(C)CC[C@H](O)C(C)(C)C1CC3. The predicted molar refractivity (Wildman–Crippen MR) is 128 cm³/mol. The number of aliphatic hydroxyl groups is 1. The van der Waals surface area contributed by atoms with Gasteiger partial charge in [-0.25, -0.2) is 0 Å². The molecule has 4 aliphatic rings. The summed E-state index contributed by atoms with van der Waals surface area (Å²) < 4.78 is 0. The molecule has 0 aromatic carbocycles. The van der Waals surface area contributed by atoms with Crippen molar-refractivity contribution < 1.29 is 5.11 Å². The van der Waals surface area contributed by atoms with Crippen LogP contribution in [0.25, 0.3) is 0 Å². The van der Waals surface area contributed by atoms with Crippen molar-refractivity contribution in [3.8, 4) is 0 Å². The average Bonchev–Trinajstić information content (AvgIpc) is 3.02. The van der Waals surface area contributed by atoms with Gasteiger partial charge in [-0.15, -0.1) is 0 Å². The van der Waals surface area contributed by atoms with Crippen LogP contribution in [0.5, 0.6) is 0 Å². The average molecular weight is 415 g/mol.